The van der Waals surface area contributed by atoms with Crippen LogP contribution in [0, 0.1) is 0 Å². The van der Waals surface area contributed by atoms with E-state index in [9.17, 15) is 4.79 Å². The van der Waals surface area contributed by atoms with Gasteiger partial charge in [0.1, 0.15) is 5.76 Å². The summed E-state index contributed by atoms with van der Waals surface area (Å²) in [6.45, 7) is 1.81. The third-order valence-electron chi connectivity index (χ3n) is 3.26. The van der Waals surface area contributed by atoms with Gasteiger partial charge in [-0.25, -0.2) is 0 Å². The van der Waals surface area contributed by atoms with Crippen molar-refractivity contribution in [3.8, 4) is 0 Å². The molecule has 0 radical (unpaired) electrons. The highest BCUT2D eigenvalue weighted by atomic mass is 127. The van der Waals surface area contributed by atoms with Crippen molar-refractivity contribution in [2.45, 2.75) is 6.42 Å². The van der Waals surface area contributed by atoms with Gasteiger partial charge in [-0.05, 0) is 30.3 Å². The van der Waals surface area contributed by atoms with Gasteiger partial charge < -0.3 is 20.4 Å². The number of carbonyl (C=O) groups is 1. The first-order valence-corrected chi connectivity index (χ1v) is 8.49. The number of hydrogen-bond donors (Lipinski definition) is 3. The van der Waals surface area contributed by atoms with Crippen LogP contribution in [0.25, 0.3) is 0 Å². The normalized spacial score (nSPS) is 10.7. The number of aliphatic imine (C=N–C) groups is 1. The second-order valence-corrected chi connectivity index (χ2v) is 5.94. The van der Waals surface area contributed by atoms with Crippen molar-refractivity contribution >= 4 is 51.8 Å². The van der Waals surface area contributed by atoms with Crippen LogP contribution in [0.2, 0.25) is 0 Å². The van der Waals surface area contributed by atoms with E-state index in [-0.39, 0.29) is 29.9 Å². The number of halogens is 2. The Bertz CT molecular complexity index is 677. The molecular weight excluding hydrogens is 499 g/mol. The van der Waals surface area contributed by atoms with Gasteiger partial charge in [-0.1, -0.05) is 22.0 Å². The number of guanidine groups is 1. The summed E-state index contributed by atoms with van der Waals surface area (Å²) in [4.78, 5) is 16.1. The predicted octanol–water partition coefficient (Wildman–Crippen LogP) is 2.80. The Labute approximate surface area is 173 Å². The number of amides is 1. The molecular formula is C17H22BrIN4O2. The van der Waals surface area contributed by atoms with E-state index in [0.29, 0.717) is 24.6 Å². The molecule has 0 bridgehead atoms. The maximum absolute atomic E-state index is 12.0. The Morgan fingerprint density at radius 3 is 2.56 bits per heavy atom. The summed E-state index contributed by atoms with van der Waals surface area (Å²) < 4.78 is 6.16. The van der Waals surface area contributed by atoms with Crippen LogP contribution in [-0.2, 0) is 6.42 Å². The first-order chi connectivity index (χ1) is 11.7. The maximum atomic E-state index is 12.0. The van der Waals surface area contributed by atoms with Gasteiger partial charge in [0.15, 0.2) is 5.96 Å². The first kappa shape index (κ1) is 21.5. The maximum Gasteiger partial charge on any atom is 0.251 e. The molecule has 0 aliphatic rings. The number of rotatable bonds is 7. The molecule has 2 rings (SSSR count). The first-order valence-electron chi connectivity index (χ1n) is 7.69. The molecule has 0 saturated heterocycles. The van der Waals surface area contributed by atoms with E-state index >= 15 is 0 Å². The number of carbonyl (C=O) groups excluding carboxylic acids is 1. The standard InChI is InChI=1S/C17H21BrN4O2.HI/c1-19-17(21-8-7-15-6-3-11-24-15)22-10-9-20-16(23)13-4-2-5-14(18)12-13;/h2-6,11-12H,7-10H2,1H3,(H,20,23)(H2,19,21,22);1H. The molecule has 6 nitrogen and oxygen atoms in total. The zero-order chi connectivity index (χ0) is 17.2. The third-order valence-corrected chi connectivity index (χ3v) is 3.75. The molecule has 0 aliphatic heterocycles. The van der Waals surface area contributed by atoms with Crippen LogP contribution >= 0.6 is 39.9 Å². The van der Waals surface area contributed by atoms with E-state index in [1.807, 2.05) is 24.3 Å². The van der Waals surface area contributed by atoms with Gasteiger partial charge in [0.2, 0.25) is 0 Å². The topological polar surface area (TPSA) is 78.7 Å². The second kappa shape index (κ2) is 11.9. The average Bonchev–Trinajstić information content (AvgIpc) is 3.10. The summed E-state index contributed by atoms with van der Waals surface area (Å²) >= 11 is 3.36. The Balaban J connectivity index is 0.00000312. The fraction of sp³-hybridized carbons (Fsp3) is 0.294. The van der Waals surface area contributed by atoms with E-state index in [2.05, 4.69) is 36.9 Å². The fourth-order valence-corrected chi connectivity index (χ4v) is 2.47. The highest BCUT2D eigenvalue weighted by Crippen LogP contribution is 2.11. The average molecular weight is 521 g/mol. The number of furan rings is 1. The van der Waals surface area contributed by atoms with Gasteiger partial charge in [0.05, 0.1) is 6.26 Å². The van der Waals surface area contributed by atoms with Crippen molar-refractivity contribution < 1.29 is 9.21 Å². The second-order valence-electron chi connectivity index (χ2n) is 5.02. The molecule has 8 heteroatoms. The molecule has 1 heterocycles. The van der Waals surface area contributed by atoms with Crippen LogP contribution in [0.5, 0.6) is 0 Å². The molecule has 3 N–H and O–H groups in total. The Morgan fingerprint density at radius 1 is 1.12 bits per heavy atom. The number of benzene rings is 1. The number of nitrogens with one attached hydrogen (secondary N) is 3. The zero-order valence-electron chi connectivity index (χ0n) is 13.9. The van der Waals surface area contributed by atoms with Crippen LogP contribution in [0.15, 0.2) is 56.5 Å². The lowest BCUT2D eigenvalue weighted by Gasteiger charge is -2.12. The van der Waals surface area contributed by atoms with Crippen molar-refractivity contribution in [3.63, 3.8) is 0 Å². The van der Waals surface area contributed by atoms with E-state index in [1.54, 1.807) is 25.4 Å². The smallest absolute Gasteiger partial charge is 0.251 e. The lowest BCUT2D eigenvalue weighted by molar-refractivity contribution is 0.0954. The molecule has 136 valence electrons. The summed E-state index contributed by atoms with van der Waals surface area (Å²) in [5.41, 5.74) is 0.630. The molecule has 0 unspecified atom stereocenters. The lowest BCUT2D eigenvalue weighted by atomic mass is 10.2. The number of hydrogen-bond acceptors (Lipinski definition) is 3. The van der Waals surface area contributed by atoms with E-state index in [0.717, 1.165) is 23.2 Å². The van der Waals surface area contributed by atoms with Crippen molar-refractivity contribution in [1.29, 1.82) is 0 Å². The van der Waals surface area contributed by atoms with E-state index < -0.39 is 0 Å². The van der Waals surface area contributed by atoms with Crippen molar-refractivity contribution in [1.82, 2.24) is 16.0 Å². The minimum atomic E-state index is -0.0983. The largest absolute Gasteiger partial charge is 0.469 e. The number of nitrogens with zero attached hydrogens (tertiary/aromatic N) is 1. The highest BCUT2D eigenvalue weighted by molar-refractivity contribution is 14.0. The minimum Gasteiger partial charge on any atom is -0.469 e. The fourth-order valence-electron chi connectivity index (χ4n) is 2.07. The van der Waals surface area contributed by atoms with Gasteiger partial charge in [0, 0.05) is 43.1 Å². The summed E-state index contributed by atoms with van der Waals surface area (Å²) in [5.74, 6) is 1.52. The lowest BCUT2D eigenvalue weighted by Crippen LogP contribution is -2.42. The summed E-state index contributed by atoms with van der Waals surface area (Å²) in [6.07, 6.45) is 2.45. The quantitative estimate of drug-likeness (QED) is 0.227. The minimum absolute atomic E-state index is 0. The van der Waals surface area contributed by atoms with Crippen molar-refractivity contribution in [2.75, 3.05) is 26.7 Å². The van der Waals surface area contributed by atoms with Crippen molar-refractivity contribution in [3.05, 3.63) is 58.5 Å². The van der Waals surface area contributed by atoms with Crippen LogP contribution in [0.1, 0.15) is 16.1 Å². The SMILES string of the molecule is CN=C(NCCNC(=O)c1cccc(Br)c1)NCCc1ccco1.I. The molecule has 0 atom stereocenters. The van der Waals surface area contributed by atoms with Gasteiger partial charge in [-0.3, -0.25) is 9.79 Å². The molecule has 0 spiro atoms. The van der Waals surface area contributed by atoms with Crippen LogP contribution in [-0.4, -0.2) is 38.5 Å². The Kier molecular flexibility index (Phi) is 10.2. The molecule has 0 saturated carbocycles. The van der Waals surface area contributed by atoms with Crippen molar-refractivity contribution in [2.24, 2.45) is 4.99 Å². The molecule has 0 fully saturated rings. The molecule has 0 aliphatic carbocycles. The van der Waals surface area contributed by atoms with Crippen LogP contribution < -0.4 is 16.0 Å². The molecule has 1 amide bonds. The molecule has 25 heavy (non-hydrogen) atoms. The van der Waals surface area contributed by atoms with Crippen LogP contribution in [0.3, 0.4) is 0 Å². The van der Waals surface area contributed by atoms with Crippen LogP contribution in [0.4, 0.5) is 0 Å². The molecule has 1 aromatic carbocycles. The van der Waals surface area contributed by atoms with E-state index in [4.69, 9.17) is 4.42 Å². The van der Waals surface area contributed by atoms with Gasteiger partial charge in [-0.2, -0.15) is 0 Å². The zero-order valence-corrected chi connectivity index (χ0v) is 17.8. The summed E-state index contributed by atoms with van der Waals surface area (Å²) in [6, 6.07) is 11.1. The third kappa shape index (κ3) is 7.91. The molecule has 1 aromatic heterocycles. The van der Waals surface area contributed by atoms with Gasteiger partial charge >= 0.3 is 0 Å². The summed E-state index contributed by atoms with van der Waals surface area (Å²) in [5, 5.41) is 9.21. The summed E-state index contributed by atoms with van der Waals surface area (Å²) in [7, 11) is 1.71. The van der Waals surface area contributed by atoms with E-state index in [1.165, 1.54) is 0 Å². The Hall–Kier alpha value is -1.55. The molecule has 2 aromatic rings. The predicted molar refractivity (Wildman–Crippen MR) is 114 cm³/mol. The van der Waals surface area contributed by atoms with Gasteiger partial charge in [-0.15, -0.1) is 24.0 Å². The Morgan fingerprint density at radius 2 is 1.88 bits per heavy atom. The monoisotopic (exact) mass is 520 g/mol. The highest BCUT2D eigenvalue weighted by Gasteiger charge is 2.05. The van der Waals surface area contributed by atoms with Gasteiger partial charge in [0.25, 0.3) is 5.91 Å².